The second kappa shape index (κ2) is 11.2. The second-order valence-electron chi connectivity index (χ2n) is 13.0. The number of rotatable bonds is 8. The van der Waals surface area contributed by atoms with Crippen LogP contribution in [0.25, 0.3) is 33.3 Å². The fourth-order valence-electron chi connectivity index (χ4n) is 6.51. The summed E-state index contributed by atoms with van der Waals surface area (Å²) in [5.41, 5.74) is 10.6. The van der Waals surface area contributed by atoms with Crippen LogP contribution < -0.4 is 0 Å². The van der Waals surface area contributed by atoms with Gasteiger partial charge in [0.25, 0.3) is 0 Å². The predicted octanol–water partition coefficient (Wildman–Crippen LogP) is 7.33. The predicted molar refractivity (Wildman–Crippen MR) is 168 cm³/mol. The van der Waals surface area contributed by atoms with Gasteiger partial charge in [0.05, 0.1) is 12.7 Å². The number of fused-ring (bicyclic) bond motifs is 1. The van der Waals surface area contributed by atoms with Gasteiger partial charge in [0, 0.05) is 56.7 Å². The highest BCUT2D eigenvalue weighted by atomic mass is 28.3. The number of pyridine rings is 1. The third-order valence-corrected chi connectivity index (χ3v) is 10.3. The number of esters is 1. The number of carbonyl (C=O) groups is 1. The van der Waals surface area contributed by atoms with Crippen LogP contribution >= 0.6 is 0 Å². The molecule has 3 heterocycles. The maximum Gasteiger partial charge on any atom is 0.337 e. The minimum atomic E-state index is -1.17. The highest BCUT2D eigenvalue weighted by Crippen LogP contribution is 2.41. The molecule has 0 saturated heterocycles. The summed E-state index contributed by atoms with van der Waals surface area (Å²) in [6.45, 7) is 10.5. The molecule has 0 spiro atoms. The van der Waals surface area contributed by atoms with Gasteiger partial charge in [-0.15, -0.1) is 0 Å². The van der Waals surface area contributed by atoms with Gasteiger partial charge in [0.15, 0.2) is 0 Å². The lowest BCUT2D eigenvalue weighted by Crippen LogP contribution is -2.33. The van der Waals surface area contributed by atoms with Crippen LogP contribution in [0, 0.1) is 0 Å². The number of methoxy groups -OCH3 is 1. The first-order valence-electron chi connectivity index (χ1n) is 14.8. The summed E-state index contributed by atoms with van der Waals surface area (Å²) in [5.74, 6) is 0.333. The van der Waals surface area contributed by atoms with Crippen molar-refractivity contribution in [3.63, 3.8) is 0 Å². The molecule has 0 saturated carbocycles. The zero-order chi connectivity index (χ0) is 28.7. The summed E-state index contributed by atoms with van der Waals surface area (Å²) < 4.78 is 13.2. The van der Waals surface area contributed by atoms with E-state index < -0.39 is 8.07 Å². The van der Waals surface area contributed by atoms with Crippen molar-refractivity contribution in [1.82, 2.24) is 14.5 Å². The molecule has 0 bridgehead atoms. The van der Waals surface area contributed by atoms with Gasteiger partial charge in [0.2, 0.25) is 0 Å². The Bertz CT molecular complexity index is 1590. The van der Waals surface area contributed by atoms with Crippen molar-refractivity contribution in [2.24, 2.45) is 0 Å². The zero-order valence-electron chi connectivity index (χ0n) is 25.0. The quantitative estimate of drug-likeness (QED) is 0.127. The molecule has 0 N–H and O–H groups in total. The average Bonchev–Trinajstić information content (AvgIpc) is 3.32. The van der Waals surface area contributed by atoms with Crippen molar-refractivity contribution in [1.29, 1.82) is 0 Å². The Hall–Kier alpha value is -3.26. The van der Waals surface area contributed by atoms with Gasteiger partial charge < -0.3 is 18.9 Å². The van der Waals surface area contributed by atoms with Gasteiger partial charge >= 0.3 is 5.97 Å². The van der Waals surface area contributed by atoms with Crippen molar-refractivity contribution < 1.29 is 14.3 Å². The van der Waals surface area contributed by atoms with E-state index in [9.17, 15) is 4.79 Å². The van der Waals surface area contributed by atoms with Crippen LogP contribution in [0.4, 0.5) is 0 Å². The summed E-state index contributed by atoms with van der Waals surface area (Å²) in [7, 11) is 2.48. The molecule has 0 amide bonds. The van der Waals surface area contributed by atoms with Crippen LogP contribution in [0.1, 0.15) is 45.8 Å². The van der Waals surface area contributed by atoms with Crippen molar-refractivity contribution in [3.05, 3.63) is 77.1 Å². The van der Waals surface area contributed by atoms with E-state index >= 15 is 0 Å². The number of likely N-dealkylation sites (N-methyl/N-ethyl adjacent to an activating group) is 1. The van der Waals surface area contributed by atoms with Gasteiger partial charge in [-0.3, -0.25) is 0 Å². The topological polar surface area (TPSA) is 56.6 Å². The van der Waals surface area contributed by atoms with E-state index in [1.807, 2.05) is 30.5 Å². The number of ether oxygens (including phenoxy) is 2. The first kappa shape index (κ1) is 27.9. The van der Waals surface area contributed by atoms with Crippen LogP contribution in [-0.2, 0) is 29.2 Å². The molecule has 1 atom stereocenters. The summed E-state index contributed by atoms with van der Waals surface area (Å²) in [4.78, 5) is 19.5. The third-order valence-electron chi connectivity index (χ3n) is 8.62. The van der Waals surface area contributed by atoms with E-state index in [1.54, 1.807) is 5.56 Å². The molecular formula is C34H41N3O3Si. The van der Waals surface area contributed by atoms with Gasteiger partial charge in [-0.1, -0.05) is 37.8 Å². The van der Waals surface area contributed by atoms with E-state index in [0.29, 0.717) is 18.2 Å². The normalized spacial score (nSPS) is 17.0. The van der Waals surface area contributed by atoms with Gasteiger partial charge in [-0.25, -0.2) is 9.78 Å². The minimum Gasteiger partial charge on any atom is -0.465 e. The van der Waals surface area contributed by atoms with Gasteiger partial charge in [-0.05, 0) is 90.4 Å². The fraction of sp³-hybridized carbons (Fsp3) is 0.412. The summed E-state index contributed by atoms with van der Waals surface area (Å²) in [5, 5.41) is 1.09. The van der Waals surface area contributed by atoms with Crippen molar-refractivity contribution in [2.75, 3.05) is 27.3 Å². The molecule has 6 nitrogen and oxygen atoms in total. The van der Waals surface area contributed by atoms with Crippen molar-refractivity contribution in [3.8, 4) is 22.3 Å². The molecule has 1 unspecified atom stereocenters. The molecular weight excluding hydrogens is 526 g/mol. The largest absolute Gasteiger partial charge is 0.465 e. The molecule has 1 aliphatic carbocycles. The van der Waals surface area contributed by atoms with Crippen LogP contribution in [-0.4, -0.2) is 55.8 Å². The lowest BCUT2D eigenvalue weighted by Gasteiger charge is -2.37. The average molecular weight is 568 g/mol. The molecule has 2 aromatic heterocycles. The molecule has 2 aromatic carbocycles. The molecule has 2 aliphatic rings. The van der Waals surface area contributed by atoms with E-state index in [4.69, 9.17) is 14.5 Å². The number of nitrogens with zero attached hydrogens (tertiary/aromatic N) is 3. The maximum atomic E-state index is 12.0. The first-order valence-corrected chi connectivity index (χ1v) is 18.5. The molecule has 0 fully saturated rings. The monoisotopic (exact) mass is 567 g/mol. The third kappa shape index (κ3) is 5.76. The summed E-state index contributed by atoms with van der Waals surface area (Å²) in [6, 6.07) is 15.9. The molecule has 214 valence electrons. The first-order chi connectivity index (χ1) is 19.7. The lowest BCUT2D eigenvalue weighted by molar-refractivity contribution is 0.0600. The Labute approximate surface area is 244 Å². The van der Waals surface area contributed by atoms with Crippen LogP contribution in [0.5, 0.6) is 0 Å². The van der Waals surface area contributed by atoms with E-state index in [-0.39, 0.29) is 5.97 Å². The molecule has 0 radical (unpaired) electrons. The number of benzene rings is 2. The Morgan fingerprint density at radius 2 is 1.83 bits per heavy atom. The maximum absolute atomic E-state index is 12.0. The molecule has 41 heavy (non-hydrogen) atoms. The molecule has 4 aromatic rings. The smallest absolute Gasteiger partial charge is 0.337 e. The van der Waals surface area contributed by atoms with Crippen molar-refractivity contribution in [2.45, 2.75) is 64.1 Å². The minimum absolute atomic E-state index is 0.331. The summed E-state index contributed by atoms with van der Waals surface area (Å²) in [6.07, 6.45) is 7.88. The Morgan fingerprint density at radius 3 is 2.59 bits per heavy atom. The van der Waals surface area contributed by atoms with E-state index in [1.165, 1.54) is 43.2 Å². The van der Waals surface area contributed by atoms with E-state index in [2.05, 4.69) is 60.6 Å². The van der Waals surface area contributed by atoms with Crippen LogP contribution in [0.15, 0.2) is 54.9 Å². The van der Waals surface area contributed by atoms with Gasteiger partial charge in [0.1, 0.15) is 12.4 Å². The van der Waals surface area contributed by atoms with Crippen molar-refractivity contribution >= 4 is 25.1 Å². The van der Waals surface area contributed by atoms with Crippen LogP contribution in [0.3, 0.4) is 0 Å². The molecule has 6 rings (SSSR count). The lowest BCUT2D eigenvalue weighted by atomic mass is 9.76. The number of hydrogen-bond donors (Lipinski definition) is 0. The highest BCUT2D eigenvalue weighted by molar-refractivity contribution is 6.76. The number of hydrogen-bond acceptors (Lipinski definition) is 5. The Balaban J connectivity index is 1.40. The van der Waals surface area contributed by atoms with Crippen LogP contribution in [0.2, 0.25) is 25.7 Å². The highest BCUT2D eigenvalue weighted by Gasteiger charge is 2.29. The van der Waals surface area contributed by atoms with Gasteiger partial charge in [-0.2, -0.15) is 0 Å². The Kier molecular flexibility index (Phi) is 7.61. The number of aromatic nitrogens is 2. The molecule has 1 aliphatic heterocycles. The second-order valence-corrected chi connectivity index (χ2v) is 18.6. The van der Waals surface area contributed by atoms with E-state index in [0.717, 1.165) is 53.3 Å². The SMILES string of the molecule is COC(=O)c1ccc(-c2cn(COCC[Si](C)(C)C)c3ncc(-c4cc5c6c(c4)CN(C)CC6CCC5)cc23)cc1. The standard InChI is InChI=1S/C34H41N3O3Si/c1-36-19-26-8-6-7-25-15-27(16-29(20-36)32(25)26)28-17-30-31(23-9-11-24(12-10-23)34(38)39-2)21-37(33(30)35-18-28)22-40-13-14-41(3,4)5/h9-12,15-18,21,26H,6-8,13-14,19-20,22H2,1-5H3. The fourth-order valence-corrected chi connectivity index (χ4v) is 7.26. The summed E-state index contributed by atoms with van der Waals surface area (Å²) >= 11 is 0. The Morgan fingerprint density at radius 1 is 1.05 bits per heavy atom. The number of carbonyl (C=O) groups excluding carboxylic acids is 1. The zero-order valence-corrected chi connectivity index (χ0v) is 26.0. The molecule has 7 heteroatoms. The number of aryl methyl sites for hydroxylation is 1.